The minimum absolute atomic E-state index is 1.28. The largest absolute Gasteiger partial charge is 0.371 e. The summed E-state index contributed by atoms with van der Waals surface area (Å²) in [4.78, 5) is 2.63. The van der Waals surface area contributed by atoms with E-state index in [0.29, 0.717) is 0 Å². The van der Waals surface area contributed by atoms with Crippen LogP contribution in [0.4, 0.5) is 5.69 Å². The van der Waals surface area contributed by atoms with Crippen LogP contribution < -0.4 is 4.90 Å². The number of hydrogen-bond donors (Lipinski definition) is 0. The molecule has 1 aromatic carbocycles. The van der Waals surface area contributed by atoms with Gasteiger partial charge >= 0.3 is 0 Å². The molecule has 1 aromatic rings. The number of nitrogens with zero attached hydrogens (tertiary/aromatic N) is 1. The molecule has 16 heavy (non-hydrogen) atoms. The van der Waals surface area contributed by atoms with Crippen LogP contribution in [0.5, 0.6) is 0 Å². The van der Waals surface area contributed by atoms with Gasteiger partial charge in [-0.1, -0.05) is 0 Å². The Labute approximate surface area is 111 Å². The van der Waals surface area contributed by atoms with Crippen LogP contribution in [0.25, 0.3) is 0 Å². The van der Waals surface area contributed by atoms with Crippen molar-refractivity contribution in [2.45, 2.75) is 39.5 Å². The molecule has 0 saturated heterocycles. The summed E-state index contributed by atoms with van der Waals surface area (Å²) in [7, 11) is 0. The zero-order valence-corrected chi connectivity index (χ0v) is 12.2. The molecule has 1 nitrogen and oxygen atoms in total. The zero-order valence-electron chi connectivity index (χ0n) is 10.1. The van der Waals surface area contributed by atoms with Crippen molar-refractivity contribution in [3.05, 3.63) is 25.8 Å². The van der Waals surface area contributed by atoms with E-state index in [4.69, 9.17) is 0 Å². The summed E-state index contributed by atoms with van der Waals surface area (Å²) >= 11 is 2.54. The summed E-state index contributed by atoms with van der Waals surface area (Å²) in [5, 5.41) is 0. The molecule has 0 radical (unpaired) electrons. The molecule has 0 unspecified atom stereocenters. The molecule has 2 heterocycles. The van der Waals surface area contributed by atoms with Crippen molar-refractivity contribution in [3.8, 4) is 0 Å². The van der Waals surface area contributed by atoms with Gasteiger partial charge in [0.25, 0.3) is 0 Å². The third-order valence-corrected chi connectivity index (χ3v) is 5.78. The lowest BCUT2D eigenvalue weighted by Gasteiger charge is -2.39. The van der Waals surface area contributed by atoms with E-state index in [0.717, 1.165) is 0 Å². The fourth-order valence-electron chi connectivity index (χ4n) is 3.31. The summed E-state index contributed by atoms with van der Waals surface area (Å²) in [5.41, 5.74) is 8.01. The smallest absolute Gasteiger partial charge is 0.0437 e. The first kappa shape index (κ1) is 10.9. The van der Waals surface area contributed by atoms with Gasteiger partial charge in [0.15, 0.2) is 0 Å². The van der Waals surface area contributed by atoms with Crippen molar-refractivity contribution in [3.63, 3.8) is 0 Å². The van der Waals surface area contributed by atoms with E-state index < -0.39 is 0 Å². The van der Waals surface area contributed by atoms with Gasteiger partial charge in [0.1, 0.15) is 0 Å². The SMILES string of the molecule is Cc1c(I)c(C)c2c3c1CCCN3CCC2. The van der Waals surface area contributed by atoms with Crippen LogP contribution in [0.15, 0.2) is 0 Å². The highest BCUT2D eigenvalue weighted by Crippen LogP contribution is 2.41. The molecule has 0 N–H and O–H groups in total. The molecule has 0 spiro atoms. The number of rotatable bonds is 0. The third-order valence-electron chi connectivity index (χ3n) is 4.16. The van der Waals surface area contributed by atoms with E-state index in [-0.39, 0.29) is 0 Å². The maximum absolute atomic E-state index is 2.63. The van der Waals surface area contributed by atoms with Gasteiger partial charge < -0.3 is 4.90 Å². The molecule has 2 aliphatic rings. The monoisotopic (exact) mass is 327 g/mol. The molecular weight excluding hydrogens is 309 g/mol. The second-order valence-electron chi connectivity index (χ2n) is 5.06. The first-order chi connectivity index (χ1) is 7.70. The lowest BCUT2D eigenvalue weighted by molar-refractivity contribution is 0.629. The zero-order chi connectivity index (χ0) is 11.3. The Balaban J connectivity index is 2.32. The highest BCUT2D eigenvalue weighted by molar-refractivity contribution is 14.1. The normalized spacial score (nSPS) is 18.6. The highest BCUT2D eigenvalue weighted by atomic mass is 127. The van der Waals surface area contributed by atoms with Crippen LogP contribution in [-0.2, 0) is 12.8 Å². The summed E-state index contributed by atoms with van der Waals surface area (Å²) in [6, 6.07) is 0. The highest BCUT2D eigenvalue weighted by Gasteiger charge is 2.27. The molecule has 0 bridgehead atoms. The Kier molecular flexibility index (Phi) is 2.65. The second-order valence-corrected chi connectivity index (χ2v) is 6.14. The Morgan fingerprint density at radius 2 is 1.44 bits per heavy atom. The van der Waals surface area contributed by atoms with Gasteiger partial charge in [-0.15, -0.1) is 0 Å². The Morgan fingerprint density at radius 1 is 0.938 bits per heavy atom. The molecule has 3 rings (SSSR count). The van der Waals surface area contributed by atoms with Crippen LogP contribution in [0, 0.1) is 17.4 Å². The average Bonchev–Trinajstić information content (AvgIpc) is 2.33. The maximum atomic E-state index is 2.63. The molecule has 86 valence electrons. The van der Waals surface area contributed by atoms with Crippen molar-refractivity contribution in [2.75, 3.05) is 18.0 Å². The van der Waals surface area contributed by atoms with Crippen LogP contribution in [0.1, 0.15) is 35.1 Å². The Bertz CT molecular complexity index is 414. The van der Waals surface area contributed by atoms with E-state index in [1.54, 1.807) is 27.9 Å². The number of hydrogen-bond acceptors (Lipinski definition) is 1. The molecule has 0 fully saturated rings. The van der Waals surface area contributed by atoms with Crippen molar-refractivity contribution in [1.82, 2.24) is 0 Å². The van der Waals surface area contributed by atoms with E-state index >= 15 is 0 Å². The van der Waals surface area contributed by atoms with Gasteiger partial charge in [0, 0.05) is 22.3 Å². The Morgan fingerprint density at radius 3 is 1.94 bits per heavy atom. The molecule has 0 amide bonds. The Hall–Kier alpha value is -0.250. The van der Waals surface area contributed by atoms with Crippen molar-refractivity contribution in [1.29, 1.82) is 0 Å². The molecule has 0 aliphatic carbocycles. The van der Waals surface area contributed by atoms with Gasteiger partial charge in [-0.2, -0.15) is 0 Å². The van der Waals surface area contributed by atoms with Crippen molar-refractivity contribution in [2.24, 2.45) is 0 Å². The third kappa shape index (κ3) is 1.41. The molecular formula is C14H18IN. The van der Waals surface area contributed by atoms with Gasteiger partial charge in [0.2, 0.25) is 0 Å². The summed E-state index contributed by atoms with van der Waals surface area (Å²) in [6.07, 6.45) is 5.26. The van der Waals surface area contributed by atoms with Crippen LogP contribution in [-0.4, -0.2) is 13.1 Å². The predicted octanol–water partition coefficient (Wildman–Crippen LogP) is 3.61. The predicted molar refractivity (Wildman–Crippen MR) is 77.5 cm³/mol. The van der Waals surface area contributed by atoms with E-state index in [1.807, 2.05) is 0 Å². The van der Waals surface area contributed by atoms with Crippen LogP contribution in [0.3, 0.4) is 0 Å². The van der Waals surface area contributed by atoms with Gasteiger partial charge in [-0.05, 0) is 84.4 Å². The fourth-order valence-corrected chi connectivity index (χ4v) is 3.96. The first-order valence-electron chi connectivity index (χ1n) is 6.25. The number of halogens is 1. The summed E-state index contributed by atoms with van der Waals surface area (Å²) < 4.78 is 1.51. The molecule has 2 heteroatoms. The van der Waals surface area contributed by atoms with E-state index in [2.05, 4.69) is 41.3 Å². The topological polar surface area (TPSA) is 3.24 Å². The van der Waals surface area contributed by atoms with Gasteiger partial charge in [0.05, 0.1) is 0 Å². The summed E-state index contributed by atoms with van der Waals surface area (Å²) in [6.45, 7) is 7.17. The van der Waals surface area contributed by atoms with E-state index in [1.165, 1.54) is 42.3 Å². The fraction of sp³-hybridized carbons (Fsp3) is 0.571. The molecule has 2 aliphatic heterocycles. The average molecular weight is 327 g/mol. The first-order valence-corrected chi connectivity index (χ1v) is 7.33. The second kappa shape index (κ2) is 3.90. The van der Waals surface area contributed by atoms with Crippen molar-refractivity contribution < 1.29 is 0 Å². The van der Waals surface area contributed by atoms with Gasteiger partial charge in [-0.3, -0.25) is 0 Å². The van der Waals surface area contributed by atoms with E-state index in [9.17, 15) is 0 Å². The minimum atomic E-state index is 1.28. The number of benzene rings is 1. The van der Waals surface area contributed by atoms with Crippen LogP contribution in [0.2, 0.25) is 0 Å². The van der Waals surface area contributed by atoms with Crippen LogP contribution >= 0.6 is 22.6 Å². The quantitative estimate of drug-likeness (QED) is 0.658. The van der Waals surface area contributed by atoms with Gasteiger partial charge in [-0.25, -0.2) is 0 Å². The lowest BCUT2D eigenvalue weighted by atomic mass is 9.86. The standard InChI is InChI=1S/C14H18IN/c1-9-11-5-3-7-16-8-4-6-12(14(11)16)10(2)13(9)15/h3-8H2,1-2H3. The minimum Gasteiger partial charge on any atom is -0.371 e. The van der Waals surface area contributed by atoms with Crippen molar-refractivity contribution >= 4 is 28.3 Å². The lowest BCUT2D eigenvalue weighted by Crippen LogP contribution is -2.35. The summed E-state index contributed by atoms with van der Waals surface area (Å²) in [5.74, 6) is 0. The molecule has 0 aromatic heterocycles. The number of anilines is 1. The molecule has 0 saturated carbocycles. The maximum Gasteiger partial charge on any atom is 0.0437 e. The molecule has 0 atom stereocenters.